The minimum absolute atomic E-state index is 0.195. The van der Waals surface area contributed by atoms with E-state index < -0.39 is 5.91 Å². The molecule has 0 aliphatic carbocycles. The summed E-state index contributed by atoms with van der Waals surface area (Å²) < 4.78 is 5.42. The Morgan fingerprint density at radius 3 is 2.24 bits per heavy atom. The van der Waals surface area contributed by atoms with Crippen molar-refractivity contribution in [2.75, 3.05) is 6.61 Å². The van der Waals surface area contributed by atoms with E-state index >= 15 is 0 Å². The molecule has 0 heterocycles. The summed E-state index contributed by atoms with van der Waals surface area (Å²) in [7, 11) is 0. The summed E-state index contributed by atoms with van der Waals surface area (Å²) >= 11 is 6.09. The topological polar surface area (TPSA) is 67.4 Å². The second-order valence-corrected chi connectivity index (χ2v) is 6.12. The average Bonchev–Trinajstić information content (AvgIpc) is 2.61. The van der Waals surface area contributed by atoms with E-state index in [1.165, 1.54) is 0 Å². The molecule has 0 saturated carbocycles. The molecule has 2 N–H and O–H groups in total. The standard InChI is InChI=1S/C19H21ClN2O3/c1-13-10-16(11-14(2)19(13)20)25-12-18(24)22-21-17(23)9-8-15-6-4-3-5-7-15/h3-7,10-11H,8-9,12H2,1-2H3,(H,21,23)(H,22,24). The number of benzene rings is 2. The second-order valence-electron chi connectivity index (χ2n) is 5.74. The van der Waals surface area contributed by atoms with Gasteiger partial charge in [-0.25, -0.2) is 0 Å². The first-order valence-corrected chi connectivity index (χ1v) is 8.34. The van der Waals surface area contributed by atoms with Gasteiger partial charge in [0, 0.05) is 11.4 Å². The van der Waals surface area contributed by atoms with Gasteiger partial charge >= 0.3 is 0 Å². The molecule has 25 heavy (non-hydrogen) atoms. The lowest BCUT2D eigenvalue weighted by molar-refractivity contribution is -0.130. The maximum atomic E-state index is 11.8. The highest BCUT2D eigenvalue weighted by Crippen LogP contribution is 2.25. The lowest BCUT2D eigenvalue weighted by Crippen LogP contribution is -2.43. The van der Waals surface area contributed by atoms with Crippen LogP contribution >= 0.6 is 11.6 Å². The van der Waals surface area contributed by atoms with Gasteiger partial charge in [-0.2, -0.15) is 0 Å². The van der Waals surface area contributed by atoms with Crippen LogP contribution in [0.3, 0.4) is 0 Å². The number of aryl methyl sites for hydroxylation is 3. The van der Waals surface area contributed by atoms with Crippen LogP contribution in [0.4, 0.5) is 0 Å². The fraction of sp³-hybridized carbons (Fsp3) is 0.263. The van der Waals surface area contributed by atoms with Gasteiger partial charge in [0.2, 0.25) is 5.91 Å². The number of amides is 2. The highest BCUT2D eigenvalue weighted by Gasteiger charge is 2.08. The van der Waals surface area contributed by atoms with Crippen molar-refractivity contribution in [3.63, 3.8) is 0 Å². The first kappa shape index (κ1) is 18.8. The van der Waals surface area contributed by atoms with E-state index in [0.29, 0.717) is 23.6 Å². The number of ether oxygens (including phenoxy) is 1. The van der Waals surface area contributed by atoms with Crippen LogP contribution < -0.4 is 15.6 Å². The molecular formula is C19H21ClN2O3. The van der Waals surface area contributed by atoms with Crippen LogP contribution in [0.15, 0.2) is 42.5 Å². The molecule has 6 heteroatoms. The largest absolute Gasteiger partial charge is 0.484 e. The number of carbonyl (C=O) groups excluding carboxylic acids is 2. The molecule has 2 aromatic carbocycles. The average molecular weight is 361 g/mol. The van der Waals surface area contributed by atoms with E-state index in [-0.39, 0.29) is 12.5 Å². The normalized spacial score (nSPS) is 10.2. The molecule has 5 nitrogen and oxygen atoms in total. The number of hydrogen-bond donors (Lipinski definition) is 2. The maximum Gasteiger partial charge on any atom is 0.276 e. The molecule has 132 valence electrons. The van der Waals surface area contributed by atoms with Gasteiger partial charge in [-0.05, 0) is 49.1 Å². The van der Waals surface area contributed by atoms with E-state index in [9.17, 15) is 9.59 Å². The van der Waals surface area contributed by atoms with E-state index in [1.54, 1.807) is 12.1 Å². The highest BCUT2D eigenvalue weighted by molar-refractivity contribution is 6.32. The minimum atomic E-state index is -0.432. The van der Waals surface area contributed by atoms with E-state index in [2.05, 4.69) is 10.9 Å². The molecule has 0 aromatic heterocycles. The third-order valence-corrected chi connectivity index (χ3v) is 4.20. The molecule has 0 unspecified atom stereocenters. The van der Waals surface area contributed by atoms with Gasteiger partial charge in [0.25, 0.3) is 5.91 Å². The molecule has 0 radical (unpaired) electrons. The highest BCUT2D eigenvalue weighted by atomic mass is 35.5. The van der Waals surface area contributed by atoms with Crippen LogP contribution in [0.5, 0.6) is 5.75 Å². The van der Waals surface area contributed by atoms with Crippen molar-refractivity contribution in [1.29, 1.82) is 0 Å². The first-order chi connectivity index (χ1) is 12.0. The minimum Gasteiger partial charge on any atom is -0.484 e. The predicted octanol–water partition coefficient (Wildman–Crippen LogP) is 3.12. The van der Waals surface area contributed by atoms with Crippen molar-refractivity contribution in [1.82, 2.24) is 10.9 Å². The van der Waals surface area contributed by atoms with Gasteiger partial charge in [-0.3, -0.25) is 20.4 Å². The molecule has 2 amide bonds. The number of carbonyl (C=O) groups is 2. The maximum absolute atomic E-state index is 11.8. The summed E-state index contributed by atoms with van der Waals surface area (Å²) in [5.74, 6) is -0.126. The molecule has 2 rings (SSSR count). The number of hydrazine groups is 1. The van der Waals surface area contributed by atoms with Crippen LogP contribution in [0.1, 0.15) is 23.1 Å². The fourth-order valence-corrected chi connectivity index (χ4v) is 2.39. The monoisotopic (exact) mass is 360 g/mol. The molecule has 0 atom stereocenters. The van der Waals surface area contributed by atoms with Gasteiger partial charge in [-0.15, -0.1) is 0 Å². The summed E-state index contributed by atoms with van der Waals surface area (Å²) in [5, 5.41) is 0.683. The first-order valence-electron chi connectivity index (χ1n) is 7.97. The van der Waals surface area contributed by atoms with Crippen molar-refractivity contribution in [3.8, 4) is 5.75 Å². The van der Waals surface area contributed by atoms with Crippen LogP contribution in [0.25, 0.3) is 0 Å². The Labute approximate surface area is 152 Å². The van der Waals surface area contributed by atoms with Crippen LogP contribution in [0, 0.1) is 13.8 Å². The van der Waals surface area contributed by atoms with Gasteiger partial charge in [0.15, 0.2) is 6.61 Å². The Bertz CT molecular complexity index is 725. The van der Waals surface area contributed by atoms with Crippen LogP contribution in [0.2, 0.25) is 5.02 Å². The number of hydrogen-bond acceptors (Lipinski definition) is 3. The van der Waals surface area contributed by atoms with Crippen molar-refractivity contribution in [2.45, 2.75) is 26.7 Å². The summed E-state index contributed by atoms with van der Waals surface area (Å²) in [6.07, 6.45) is 0.906. The van der Waals surface area contributed by atoms with Crippen LogP contribution in [-0.2, 0) is 16.0 Å². The molecule has 0 saturated heterocycles. The molecular weight excluding hydrogens is 340 g/mol. The number of rotatable bonds is 6. The zero-order valence-corrected chi connectivity index (χ0v) is 15.0. The Balaban J connectivity index is 1.71. The molecule has 2 aromatic rings. The molecule has 0 aliphatic rings. The zero-order chi connectivity index (χ0) is 18.2. The summed E-state index contributed by atoms with van der Waals surface area (Å²) in [6.45, 7) is 3.55. The van der Waals surface area contributed by atoms with E-state index in [4.69, 9.17) is 16.3 Å². The SMILES string of the molecule is Cc1cc(OCC(=O)NNC(=O)CCc2ccccc2)cc(C)c1Cl. The van der Waals surface area contributed by atoms with Crippen molar-refractivity contribution >= 4 is 23.4 Å². The van der Waals surface area contributed by atoms with Gasteiger partial charge in [-0.1, -0.05) is 41.9 Å². The zero-order valence-electron chi connectivity index (χ0n) is 14.3. The smallest absolute Gasteiger partial charge is 0.276 e. The van der Waals surface area contributed by atoms with Gasteiger partial charge in [0.1, 0.15) is 5.75 Å². The van der Waals surface area contributed by atoms with Gasteiger partial charge < -0.3 is 4.74 Å². The van der Waals surface area contributed by atoms with Crippen molar-refractivity contribution in [3.05, 3.63) is 64.2 Å². The van der Waals surface area contributed by atoms with E-state index in [0.717, 1.165) is 16.7 Å². The third kappa shape index (κ3) is 6.12. The summed E-state index contributed by atoms with van der Waals surface area (Å²) in [6, 6.07) is 13.2. The van der Waals surface area contributed by atoms with Gasteiger partial charge in [0.05, 0.1) is 0 Å². The van der Waals surface area contributed by atoms with Crippen molar-refractivity contribution < 1.29 is 14.3 Å². The lowest BCUT2D eigenvalue weighted by Gasteiger charge is -2.11. The quantitative estimate of drug-likeness (QED) is 0.778. The Hall–Kier alpha value is -2.53. The summed E-state index contributed by atoms with van der Waals surface area (Å²) in [5.41, 5.74) is 7.55. The molecule has 0 aliphatic heterocycles. The van der Waals surface area contributed by atoms with Crippen molar-refractivity contribution in [2.24, 2.45) is 0 Å². The fourth-order valence-electron chi connectivity index (χ4n) is 2.28. The molecule has 0 spiro atoms. The predicted molar refractivity (Wildman–Crippen MR) is 97.5 cm³/mol. The molecule has 0 bridgehead atoms. The number of halogens is 1. The second kappa shape index (κ2) is 9.08. The van der Waals surface area contributed by atoms with Crippen LogP contribution in [-0.4, -0.2) is 18.4 Å². The number of nitrogens with one attached hydrogen (secondary N) is 2. The Morgan fingerprint density at radius 1 is 1.00 bits per heavy atom. The summed E-state index contributed by atoms with van der Waals surface area (Å²) in [4.78, 5) is 23.5. The molecule has 0 fully saturated rings. The van der Waals surface area contributed by atoms with E-state index in [1.807, 2.05) is 44.2 Å². The lowest BCUT2D eigenvalue weighted by atomic mass is 10.1. The third-order valence-electron chi connectivity index (χ3n) is 3.60. The Morgan fingerprint density at radius 2 is 1.60 bits per heavy atom. The Kier molecular flexibility index (Phi) is 6.83.